The zero-order valence-electron chi connectivity index (χ0n) is 16.0. The van der Waals surface area contributed by atoms with Crippen molar-refractivity contribution in [3.8, 4) is 0 Å². The Labute approximate surface area is 174 Å². The van der Waals surface area contributed by atoms with E-state index in [4.69, 9.17) is 10.7 Å². The van der Waals surface area contributed by atoms with Gasteiger partial charge in [-0.25, -0.2) is 0 Å². The fourth-order valence-corrected chi connectivity index (χ4v) is 3.37. The third-order valence-corrected chi connectivity index (χ3v) is 4.74. The number of carbonyl (C=O) groups is 1. The van der Waals surface area contributed by atoms with Gasteiger partial charge in [0.05, 0.1) is 0 Å². The number of hydrogen-bond acceptors (Lipinski definition) is 2. The van der Waals surface area contributed by atoms with Gasteiger partial charge in [-0.05, 0) is 49.7 Å². The molecule has 0 radical (unpaired) electrons. The first-order valence-corrected chi connectivity index (χ1v) is 9.51. The summed E-state index contributed by atoms with van der Waals surface area (Å²) in [5, 5.41) is 3.39. The van der Waals surface area contributed by atoms with E-state index in [1.165, 1.54) is 11.1 Å². The minimum absolute atomic E-state index is 0. The number of hydrogen-bond donors (Lipinski definition) is 2. The lowest BCUT2D eigenvalue weighted by Crippen LogP contribution is -2.47. The molecule has 0 saturated carbocycles. The normalized spacial score (nSPS) is 17.5. The van der Waals surface area contributed by atoms with E-state index in [0.29, 0.717) is 12.3 Å². The summed E-state index contributed by atoms with van der Waals surface area (Å²) in [4.78, 5) is 18.3. The van der Waals surface area contributed by atoms with Crippen LogP contribution in [-0.2, 0) is 17.6 Å². The van der Waals surface area contributed by atoms with Crippen molar-refractivity contribution < 1.29 is 4.79 Å². The molecule has 1 amide bonds. The maximum atomic E-state index is 11.2. The second-order valence-corrected chi connectivity index (χ2v) is 6.78. The van der Waals surface area contributed by atoms with Crippen molar-refractivity contribution >= 4 is 35.8 Å². The van der Waals surface area contributed by atoms with Crippen LogP contribution in [0.15, 0.2) is 29.3 Å². The highest BCUT2D eigenvalue weighted by Crippen LogP contribution is 2.19. The fraction of sp³-hybridized carbons (Fsp3) is 0.600. The molecule has 1 aliphatic rings. The van der Waals surface area contributed by atoms with Gasteiger partial charge in [0.25, 0.3) is 0 Å². The molecular weight excluding hydrogens is 439 g/mol. The molecular formula is C20H33IN4O. The Balaban J connectivity index is 0.00000338. The molecule has 1 aromatic carbocycles. The number of primary amides is 1. The molecule has 5 nitrogen and oxygen atoms in total. The molecule has 26 heavy (non-hydrogen) atoms. The molecule has 6 heteroatoms. The Hall–Kier alpha value is -1.31. The molecule has 1 atom stereocenters. The number of carbonyl (C=O) groups excluding carboxylic acids is 1. The molecule has 2 rings (SSSR count). The van der Waals surface area contributed by atoms with E-state index in [0.717, 1.165) is 57.8 Å². The molecule has 1 aliphatic heterocycles. The van der Waals surface area contributed by atoms with Gasteiger partial charge < -0.3 is 16.0 Å². The van der Waals surface area contributed by atoms with Gasteiger partial charge in [-0.2, -0.15) is 0 Å². The van der Waals surface area contributed by atoms with Crippen LogP contribution in [0.3, 0.4) is 0 Å². The Morgan fingerprint density at radius 3 is 2.58 bits per heavy atom. The molecule has 0 spiro atoms. The summed E-state index contributed by atoms with van der Waals surface area (Å²) in [5.74, 6) is 1.10. The highest BCUT2D eigenvalue weighted by molar-refractivity contribution is 14.0. The first kappa shape index (κ1) is 22.7. The molecule has 1 unspecified atom stereocenters. The molecule has 1 fully saturated rings. The molecule has 3 N–H and O–H groups in total. The fourth-order valence-electron chi connectivity index (χ4n) is 3.37. The van der Waals surface area contributed by atoms with Crippen LogP contribution in [0.2, 0.25) is 0 Å². The minimum atomic E-state index is -0.204. The van der Waals surface area contributed by atoms with E-state index in [1.807, 2.05) is 0 Å². The maximum absolute atomic E-state index is 11.2. The summed E-state index contributed by atoms with van der Waals surface area (Å²) >= 11 is 0. The number of guanidine groups is 1. The van der Waals surface area contributed by atoms with Crippen molar-refractivity contribution in [1.82, 2.24) is 10.2 Å². The third kappa shape index (κ3) is 7.51. The van der Waals surface area contributed by atoms with E-state index >= 15 is 0 Å². The predicted molar refractivity (Wildman–Crippen MR) is 119 cm³/mol. The standard InChI is InChI=1S/C20H32N4O.HI/c1-3-16-7-9-17(10-8-16)11-12-23-20(22-4-2)24-13-5-6-18(15-24)14-19(21)25;/h7-10,18H,3-6,11-15H2,1-2H3,(H2,21,25)(H,22,23);1H. The molecule has 1 heterocycles. The van der Waals surface area contributed by atoms with Crippen LogP contribution in [0.1, 0.15) is 44.2 Å². The second-order valence-electron chi connectivity index (χ2n) is 6.78. The summed E-state index contributed by atoms with van der Waals surface area (Å²) in [6.07, 6.45) is 4.64. The molecule has 0 aromatic heterocycles. The average molecular weight is 472 g/mol. The Kier molecular flexibility index (Phi) is 10.6. The van der Waals surface area contributed by atoms with Crippen molar-refractivity contribution in [1.29, 1.82) is 0 Å². The quantitative estimate of drug-likeness (QED) is 0.364. The lowest BCUT2D eigenvalue weighted by atomic mass is 9.95. The molecule has 146 valence electrons. The van der Waals surface area contributed by atoms with Crippen LogP contribution in [0.4, 0.5) is 0 Å². The van der Waals surface area contributed by atoms with Crippen LogP contribution >= 0.6 is 24.0 Å². The highest BCUT2D eigenvalue weighted by Gasteiger charge is 2.23. The number of nitrogens with two attached hydrogens (primary N) is 1. The smallest absolute Gasteiger partial charge is 0.217 e. The van der Waals surface area contributed by atoms with Crippen molar-refractivity contribution in [3.63, 3.8) is 0 Å². The van der Waals surface area contributed by atoms with Crippen LogP contribution in [-0.4, -0.2) is 42.9 Å². The summed E-state index contributed by atoms with van der Waals surface area (Å²) in [7, 11) is 0. The number of aliphatic imine (C=N–C) groups is 1. The summed E-state index contributed by atoms with van der Waals surface area (Å²) in [5.41, 5.74) is 8.06. The lowest BCUT2D eigenvalue weighted by Gasteiger charge is -2.34. The van der Waals surface area contributed by atoms with Crippen molar-refractivity contribution in [2.24, 2.45) is 16.6 Å². The van der Waals surface area contributed by atoms with Crippen molar-refractivity contribution in [2.45, 2.75) is 46.0 Å². The van der Waals surface area contributed by atoms with Crippen LogP contribution < -0.4 is 11.1 Å². The SMILES string of the molecule is CCNC(=NCCc1ccc(CC)cc1)N1CCCC(CC(N)=O)C1.I. The van der Waals surface area contributed by atoms with Gasteiger partial charge in [0, 0.05) is 32.6 Å². The summed E-state index contributed by atoms with van der Waals surface area (Å²) in [6.45, 7) is 7.73. The number of benzene rings is 1. The van der Waals surface area contributed by atoms with E-state index < -0.39 is 0 Å². The summed E-state index contributed by atoms with van der Waals surface area (Å²) < 4.78 is 0. The van der Waals surface area contributed by atoms with E-state index in [9.17, 15) is 4.79 Å². The topological polar surface area (TPSA) is 70.7 Å². The van der Waals surface area contributed by atoms with Gasteiger partial charge in [-0.1, -0.05) is 31.2 Å². The van der Waals surface area contributed by atoms with E-state index in [2.05, 4.69) is 48.3 Å². The van der Waals surface area contributed by atoms with Crippen LogP contribution in [0.5, 0.6) is 0 Å². The summed E-state index contributed by atoms with van der Waals surface area (Å²) in [6, 6.07) is 8.79. The first-order valence-electron chi connectivity index (χ1n) is 9.51. The Morgan fingerprint density at radius 1 is 1.27 bits per heavy atom. The number of piperidine rings is 1. The molecule has 1 saturated heterocycles. The van der Waals surface area contributed by atoms with Gasteiger partial charge in [-0.15, -0.1) is 24.0 Å². The number of amides is 1. The number of rotatable bonds is 7. The number of nitrogens with zero attached hydrogens (tertiary/aromatic N) is 2. The van der Waals surface area contributed by atoms with Gasteiger partial charge in [0.15, 0.2) is 5.96 Å². The average Bonchev–Trinajstić information content (AvgIpc) is 2.61. The number of nitrogens with one attached hydrogen (secondary N) is 1. The van der Waals surface area contributed by atoms with Crippen LogP contribution in [0.25, 0.3) is 0 Å². The van der Waals surface area contributed by atoms with Gasteiger partial charge in [0.2, 0.25) is 5.91 Å². The van der Waals surface area contributed by atoms with Crippen molar-refractivity contribution in [2.75, 3.05) is 26.2 Å². The number of halogens is 1. The van der Waals surface area contributed by atoms with Gasteiger partial charge in [0.1, 0.15) is 0 Å². The van der Waals surface area contributed by atoms with E-state index in [-0.39, 0.29) is 29.9 Å². The predicted octanol–water partition coefficient (Wildman–Crippen LogP) is 2.96. The van der Waals surface area contributed by atoms with Gasteiger partial charge in [-0.3, -0.25) is 9.79 Å². The van der Waals surface area contributed by atoms with Crippen molar-refractivity contribution in [3.05, 3.63) is 35.4 Å². The largest absolute Gasteiger partial charge is 0.370 e. The maximum Gasteiger partial charge on any atom is 0.217 e. The number of likely N-dealkylation sites (tertiary alicyclic amines) is 1. The second kappa shape index (κ2) is 12.1. The zero-order chi connectivity index (χ0) is 18.1. The van der Waals surface area contributed by atoms with Crippen LogP contribution in [0, 0.1) is 5.92 Å². The third-order valence-electron chi connectivity index (χ3n) is 4.74. The highest BCUT2D eigenvalue weighted by atomic mass is 127. The lowest BCUT2D eigenvalue weighted by molar-refractivity contribution is -0.119. The molecule has 1 aromatic rings. The van der Waals surface area contributed by atoms with E-state index in [1.54, 1.807) is 0 Å². The molecule has 0 bridgehead atoms. The zero-order valence-corrected chi connectivity index (χ0v) is 18.4. The monoisotopic (exact) mass is 472 g/mol. The minimum Gasteiger partial charge on any atom is -0.370 e. The van der Waals surface area contributed by atoms with Gasteiger partial charge >= 0.3 is 0 Å². The Morgan fingerprint density at radius 2 is 1.96 bits per heavy atom. The molecule has 0 aliphatic carbocycles. The first-order chi connectivity index (χ1) is 12.1. The Bertz CT molecular complexity index is 574. The number of aryl methyl sites for hydroxylation is 1.